The first-order valence-corrected chi connectivity index (χ1v) is 5.11. The fourth-order valence-electron chi connectivity index (χ4n) is 1.13. The van der Waals surface area contributed by atoms with E-state index in [4.69, 9.17) is 0 Å². The molecule has 0 heterocycles. The Labute approximate surface area is 90.2 Å². The minimum Gasteiger partial charge on any atom is -0.391 e. The first-order valence-electron chi connectivity index (χ1n) is 5.11. The van der Waals surface area contributed by atoms with E-state index in [0.717, 1.165) is 0 Å². The third-order valence-corrected chi connectivity index (χ3v) is 1.78. The van der Waals surface area contributed by atoms with Crippen LogP contribution in [0.2, 0.25) is 0 Å². The van der Waals surface area contributed by atoms with Gasteiger partial charge in [0.1, 0.15) is 0 Å². The zero-order valence-corrected chi connectivity index (χ0v) is 9.54. The van der Waals surface area contributed by atoms with Gasteiger partial charge >= 0.3 is 0 Å². The van der Waals surface area contributed by atoms with E-state index in [1.54, 1.807) is 0 Å². The van der Waals surface area contributed by atoms with Crippen LogP contribution in [0.1, 0.15) is 27.2 Å². The second kappa shape index (κ2) is 7.23. The minimum atomic E-state index is -0.522. The van der Waals surface area contributed by atoms with Crippen molar-refractivity contribution >= 4 is 11.8 Å². The lowest BCUT2D eigenvalue weighted by Crippen LogP contribution is -2.39. The number of amides is 2. The molecule has 0 aromatic carbocycles. The van der Waals surface area contributed by atoms with E-state index in [2.05, 4.69) is 10.6 Å². The molecule has 1 atom stereocenters. The summed E-state index contributed by atoms with van der Waals surface area (Å²) in [6.45, 7) is 5.55. The van der Waals surface area contributed by atoms with Crippen LogP contribution in [0.3, 0.4) is 0 Å². The van der Waals surface area contributed by atoms with E-state index >= 15 is 0 Å². The summed E-state index contributed by atoms with van der Waals surface area (Å²) < 4.78 is 0. The molecule has 2 amide bonds. The van der Waals surface area contributed by atoms with Crippen molar-refractivity contribution in [3.05, 3.63) is 0 Å². The predicted octanol–water partition coefficient (Wildman–Crippen LogP) is -0.354. The summed E-state index contributed by atoms with van der Waals surface area (Å²) in [7, 11) is 0. The minimum absolute atomic E-state index is 0.0380. The molecule has 0 aliphatic rings. The second-order valence-electron chi connectivity index (χ2n) is 4.00. The molecule has 0 aromatic heterocycles. The van der Waals surface area contributed by atoms with Gasteiger partial charge in [-0.1, -0.05) is 13.8 Å². The van der Waals surface area contributed by atoms with E-state index in [1.165, 1.54) is 6.92 Å². The Kier molecular flexibility index (Phi) is 6.70. The summed E-state index contributed by atoms with van der Waals surface area (Å²) in [4.78, 5) is 21.6. The van der Waals surface area contributed by atoms with Crippen molar-refractivity contribution in [2.75, 3.05) is 13.1 Å². The SMILES string of the molecule is CC(=O)NCC(=O)NCC(O)CC(C)C. The molecule has 0 saturated heterocycles. The summed E-state index contributed by atoms with van der Waals surface area (Å²) >= 11 is 0. The molecule has 15 heavy (non-hydrogen) atoms. The molecule has 3 N–H and O–H groups in total. The van der Waals surface area contributed by atoms with E-state index in [9.17, 15) is 14.7 Å². The number of hydrogen-bond donors (Lipinski definition) is 3. The van der Waals surface area contributed by atoms with Gasteiger partial charge in [0.05, 0.1) is 12.6 Å². The number of nitrogens with one attached hydrogen (secondary N) is 2. The maximum Gasteiger partial charge on any atom is 0.239 e. The van der Waals surface area contributed by atoms with Crippen LogP contribution in [0.15, 0.2) is 0 Å². The fraction of sp³-hybridized carbons (Fsp3) is 0.800. The standard InChI is InChI=1S/C10H20N2O3/c1-7(2)4-9(14)5-12-10(15)6-11-8(3)13/h7,9,14H,4-6H2,1-3H3,(H,11,13)(H,12,15). The number of hydrogen-bond acceptors (Lipinski definition) is 3. The Morgan fingerprint density at radius 3 is 2.33 bits per heavy atom. The molecule has 5 nitrogen and oxygen atoms in total. The van der Waals surface area contributed by atoms with Crippen LogP contribution < -0.4 is 10.6 Å². The normalized spacial score (nSPS) is 12.3. The van der Waals surface area contributed by atoms with Crippen LogP contribution in [-0.4, -0.2) is 36.1 Å². The average Bonchev–Trinajstić information content (AvgIpc) is 2.10. The van der Waals surface area contributed by atoms with Crippen LogP contribution in [0.5, 0.6) is 0 Å². The van der Waals surface area contributed by atoms with E-state index in [-0.39, 0.29) is 24.9 Å². The lowest BCUT2D eigenvalue weighted by atomic mass is 10.1. The van der Waals surface area contributed by atoms with Gasteiger partial charge in [0.15, 0.2) is 0 Å². The molecule has 1 unspecified atom stereocenters. The highest BCUT2D eigenvalue weighted by Gasteiger charge is 2.08. The van der Waals surface area contributed by atoms with Crippen molar-refractivity contribution in [2.45, 2.75) is 33.3 Å². The first kappa shape index (κ1) is 13.9. The summed E-state index contributed by atoms with van der Waals surface area (Å²) in [5, 5.41) is 14.4. The molecule has 0 rings (SSSR count). The van der Waals surface area contributed by atoms with Crippen LogP contribution in [-0.2, 0) is 9.59 Å². The van der Waals surface area contributed by atoms with Gasteiger partial charge < -0.3 is 15.7 Å². The Hall–Kier alpha value is -1.10. The summed E-state index contributed by atoms with van der Waals surface area (Å²) in [6.07, 6.45) is 0.131. The third-order valence-electron chi connectivity index (χ3n) is 1.78. The van der Waals surface area contributed by atoms with Crippen LogP contribution in [0.25, 0.3) is 0 Å². The highest BCUT2D eigenvalue weighted by atomic mass is 16.3. The smallest absolute Gasteiger partial charge is 0.239 e. The van der Waals surface area contributed by atoms with E-state index < -0.39 is 6.10 Å². The van der Waals surface area contributed by atoms with Crippen LogP contribution >= 0.6 is 0 Å². The zero-order valence-electron chi connectivity index (χ0n) is 9.54. The Bertz CT molecular complexity index is 217. The van der Waals surface area contributed by atoms with Gasteiger partial charge in [0.25, 0.3) is 0 Å². The van der Waals surface area contributed by atoms with Crippen molar-refractivity contribution in [3.63, 3.8) is 0 Å². The van der Waals surface area contributed by atoms with Crippen molar-refractivity contribution in [1.82, 2.24) is 10.6 Å². The first-order chi connectivity index (χ1) is 6.91. The number of carbonyl (C=O) groups excluding carboxylic acids is 2. The van der Waals surface area contributed by atoms with Gasteiger partial charge in [0, 0.05) is 13.5 Å². The molecule has 0 fully saturated rings. The van der Waals surface area contributed by atoms with Gasteiger partial charge in [-0.2, -0.15) is 0 Å². The third kappa shape index (κ3) is 9.21. The molecule has 5 heteroatoms. The van der Waals surface area contributed by atoms with Crippen molar-refractivity contribution in [1.29, 1.82) is 0 Å². The van der Waals surface area contributed by atoms with Gasteiger partial charge in [-0.25, -0.2) is 0 Å². The maximum absolute atomic E-state index is 11.1. The predicted molar refractivity (Wildman–Crippen MR) is 57.2 cm³/mol. The molecular weight excluding hydrogens is 196 g/mol. The van der Waals surface area contributed by atoms with Crippen molar-refractivity contribution in [2.24, 2.45) is 5.92 Å². The van der Waals surface area contributed by atoms with Gasteiger partial charge in [0.2, 0.25) is 11.8 Å². The summed E-state index contributed by atoms with van der Waals surface area (Å²) in [5.41, 5.74) is 0. The summed E-state index contributed by atoms with van der Waals surface area (Å²) in [5.74, 6) is -0.131. The highest BCUT2D eigenvalue weighted by molar-refractivity contribution is 5.83. The molecule has 0 spiro atoms. The van der Waals surface area contributed by atoms with Crippen molar-refractivity contribution in [3.8, 4) is 0 Å². The number of aliphatic hydroxyl groups excluding tert-OH is 1. The fourth-order valence-corrected chi connectivity index (χ4v) is 1.13. The average molecular weight is 216 g/mol. The van der Waals surface area contributed by atoms with Gasteiger partial charge in [-0.3, -0.25) is 9.59 Å². The number of rotatable bonds is 6. The van der Waals surface area contributed by atoms with Gasteiger partial charge in [-0.05, 0) is 12.3 Å². The Morgan fingerprint density at radius 1 is 1.27 bits per heavy atom. The van der Waals surface area contributed by atoms with E-state index in [1.807, 2.05) is 13.8 Å². The number of carbonyl (C=O) groups is 2. The Balaban J connectivity index is 3.57. The summed E-state index contributed by atoms with van der Waals surface area (Å²) in [6, 6.07) is 0. The highest BCUT2D eigenvalue weighted by Crippen LogP contribution is 2.02. The zero-order chi connectivity index (χ0) is 11.8. The lowest BCUT2D eigenvalue weighted by molar-refractivity contribution is -0.125. The molecule has 0 radical (unpaired) electrons. The maximum atomic E-state index is 11.1. The Morgan fingerprint density at radius 2 is 1.87 bits per heavy atom. The topological polar surface area (TPSA) is 78.4 Å². The quantitative estimate of drug-likeness (QED) is 0.567. The van der Waals surface area contributed by atoms with Crippen molar-refractivity contribution < 1.29 is 14.7 Å². The molecule has 0 aliphatic carbocycles. The molecule has 0 saturated carbocycles. The largest absolute Gasteiger partial charge is 0.391 e. The molecule has 0 aliphatic heterocycles. The molecule has 0 bridgehead atoms. The van der Waals surface area contributed by atoms with Crippen LogP contribution in [0.4, 0.5) is 0 Å². The second-order valence-corrected chi connectivity index (χ2v) is 4.00. The number of aliphatic hydroxyl groups is 1. The van der Waals surface area contributed by atoms with Gasteiger partial charge in [-0.15, -0.1) is 0 Å². The van der Waals surface area contributed by atoms with Crippen LogP contribution in [0, 0.1) is 5.92 Å². The van der Waals surface area contributed by atoms with E-state index in [0.29, 0.717) is 12.3 Å². The monoisotopic (exact) mass is 216 g/mol. The lowest BCUT2D eigenvalue weighted by Gasteiger charge is -2.13. The molecule has 88 valence electrons. The molecule has 0 aromatic rings. The molecular formula is C10H20N2O3.